The van der Waals surface area contributed by atoms with E-state index in [0.717, 1.165) is 0 Å². The number of amides is 2. The molecule has 31 heavy (non-hydrogen) atoms. The van der Waals surface area contributed by atoms with Crippen LogP contribution in [0.3, 0.4) is 0 Å². The van der Waals surface area contributed by atoms with Crippen LogP contribution in [0.25, 0.3) is 0 Å². The van der Waals surface area contributed by atoms with Crippen molar-refractivity contribution in [3.8, 4) is 0 Å². The second-order valence-electron chi connectivity index (χ2n) is 8.20. The molecule has 1 heterocycles. The summed E-state index contributed by atoms with van der Waals surface area (Å²) in [6, 6.07) is 7.29. The zero-order chi connectivity index (χ0) is 23.2. The maximum atomic E-state index is 13.2. The van der Waals surface area contributed by atoms with Crippen LogP contribution in [0.15, 0.2) is 30.3 Å². The van der Waals surface area contributed by atoms with E-state index in [1.165, 1.54) is 4.90 Å². The van der Waals surface area contributed by atoms with Crippen molar-refractivity contribution in [2.24, 2.45) is 0 Å². The van der Waals surface area contributed by atoms with E-state index in [9.17, 15) is 19.2 Å². The average Bonchev–Trinajstić information content (AvgIpc) is 3.07. The van der Waals surface area contributed by atoms with Gasteiger partial charge in [-0.05, 0) is 46.8 Å². The van der Waals surface area contributed by atoms with Gasteiger partial charge in [-0.25, -0.2) is 14.4 Å². The molecule has 1 fully saturated rings. The van der Waals surface area contributed by atoms with Crippen LogP contribution in [0.2, 0.25) is 0 Å². The number of hydrogen-bond acceptors (Lipinski definition) is 7. The van der Waals surface area contributed by atoms with Crippen LogP contribution in [0.4, 0.5) is 4.79 Å². The lowest BCUT2D eigenvalue weighted by atomic mass is 9.96. The number of nitrogens with zero attached hydrogens (tertiary/aromatic N) is 1. The average molecular weight is 434 g/mol. The van der Waals surface area contributed by atoms with E-state index in [-0.39, 0.29) is 26.2 Å². The Bertz CT molecular complexity index is 819. The molecule has 2 amide bonds. The molecule has 1 aliphatic rings. The van der Waals surface area contributed by atoms with Gasteiger partial charge in [-0.1, -0.05) is 18.2 Å². The molecule has 1 saturated heterocycles. The monoisotopic (exact) mass is 434 g/mol. The van der Waals surface area contributed by atoms with Crippen LogP contribution in [0, 0.1) is 0 Å². The first-order valence-corrected chi connectivity index (χ1v) is 10.2. The molecule has 0 aliphatic carbocycles. The fraction of sp³-hybridized carbons (Fsp3) is 0.545. The molecule has 2 atom stereocenters. The molecule has 0 aromatic heterocycles. The van der Waals surface area contributed by atoms with Gasteiger partial charge in [0.25, 0.3) is 5.91 Å². The lowest BCUT2D eigenvalue weighted by Gasteiger charge is -2.29. The molecule has 2 unspecified atom stereocenters. The second kappa shape index (κ2) is 9.80. The normalized spacial score (nSPS) is 20.7. The molecule has 0 spiro atoms. The molecule has 0 radical (unpaired) electrons. The fourth-order valence-corrected chi connectivity index (χ4v) is 3.37. The summed E-state index contributed by atoms with van der Waals surface area (Å²) < 4.78 is 15.6. The fourth-order valence-electron chi connectivity index (χ4n) is 3.37. The molecule has 1 aromatic carbocycles. The number of hydrogen-bond donors (Lipinski definition) is 1. The molecule has 170 valence electrons. The van der Waals surface area contributed by atoms with Crippen LogP contribution in [-0.4, -0.2) is 65.8 Å². The number of esters is 2. The van der Waals surface area contributed by atoms with Gasteiger partial charge in [0.2, 0.25) is 0 Å². The van der Waals surface area contributed by atoms with E-state index >= 15 is 0 Å². The van der Waals surface area contributed by atoms with Crippen LogP contribution in [-0.2, 0) is 23.8 Å². The predicted octanol–water partition coefficient (Wildman–Crippen LogP) is 2.29. The van der Waals surface area contributed by atoms with Gasteiger partial charge in [-0.3, -0.25) is 4.79 Å². The van der Waals surface area contributed by atoms with Gasteiger partial charge < -0.3 is 24.4 Å². The van der Waals surface area contributed by atoms with Gasteiger partial charge in [-0.15, -0.1) is 0 Å². The molecule has 1 aliphatic heterocycles. The smallest absolute Gasteiger partial charge is 0.408 e. The van der Waals surface area contributed by atoms with Gasteiger partial charge in [0.05, 0.1) is 19.8 Å². The maximum Gasteiger partial charge on any atom is 0.408 e. The minimum Gasteiger partial charge on any atom is -0.464 e. The quantitative estimate of drug-likeness (QED) is 0.540. The van der Waals surface area contributed by atoms with Gasteiger partial charge in [0, 0.05) is 12.0 Å². The standard InChI is InChI=1S/C22H30N2O7/c1-6-29-18(26)16-13-22(19(27)30-7-2,23-20(28)31-21(3,4)5)14-24(16)17(25)15-11-9-8-10-12-15/h8-12,16H,6-7,13-14H2,1-5H3,(H,23,28). The van der Waals surface area contributed by atoms with E-state index in [2.05, 4.69) is 5.32 Å². The third-order valence-corrected chi connectivity index (χ3v) is 4.60. The summed E-state index contributed by atoms with van der Waals surface area (Å²) in [5, 5.41) is 2.56. The lowest BCUT2D eigenvalue weighted by Crippen LogP contribution is -2.58. The molecule has 9 heteroatoms. The molecular formula is C22H30N2O7. The highest BCUT2D eigenvalue weighted by molar-refractivity contribution is 5.99. The summed E-state index contributed by atoms with van der Waals surface area (Å²) in [6.45, 7) is 8.24. The van der Waals surface area contributed by atoms with Crippen LogP contribution in [0.1, 0.15) is 51.4 Å². The minimum atomic E-state index is -1.65. The molecule has 9 nitrogen and oxygen atoms in total. The van der Waals surface area contributed by atoms with Crippen molar-refractivity contribution in [2.75, 3.05) is 19.8 Å². The first-order chi connectivity index (χ1) is 14.5. The SMILES string of the molecule is CCOC(=O)C1CC(NC(=O)OC(C)(C)C)(C(=O)OCC)CN1C(=O)c1ccccc1. The maximum absolute atomic E-state index is 13.2. The second-order valence-corrected chi connectivity index (χ2v) is 8.20. The molecule has 2 rings (SSSR count). The van der Waals surface area contributed by atoms with Crippen LogP contribution >= 0.6 is 0 Å². The molecule has 0 saturated carbocycles. The lowest BCUT2D eigenvalue weighted by molar-refractivity contribution is -0.150. The topological polar surface area (TPSA) is 111 Å². The Kier molecular flexibility index (Phi) is 7.65. The van der Waals surface area contributed by atoms with Crippen molar-refractivity contribution in [3.05, 3.63) is 35.9 Å². The number of nitrogens with one attached hydrogen (secondary N) is 1. The highest BCUT2D eigenvalue weighted by Gasteiger charge is 2.56. The van der Waals surface area contributed by atoms with E-state index in [1.54, 1.807) is 65.0 Å². The minimum absolute atomic E-state index is 0.0628. The third-order valence-electron chi connectivity index (χ3n) is 4.60. The number of carbonyl (C=O) groups excluding carboxylic acids is 4. The molecular weight excluding hydrogens is 404 g/mol. The Morgan fingerprint density at radius 3 is 2.23 bits per heavy atom. The van der Waals surface area contributed by atoms with Gasteiger partial charge in [-0.2, -0.15) is 0 Å². The number of likely N-dealkylation sites (tertiary alicyclic amines) is 1. The Morgan fingerprint density at radius 1 is 1.06 bits per heavy atom. The summed E-state index contributed by atoms with van der Waals surface area (Å²) in [5.74, 6) is -1.88. The van der Waals surface area contributed by atoms with E-state index in [0.29, 0.717) is 5.56 Å². The van der Waals surface area contributed by atoms with Crippen molar-refractivity contribution in [3.63, 3.8) is 0 Å². The first-order valence-electron chi connectivity index (χ1n) is 10.2. The van der Waals surface area contributed by atoms with Crippen LogP contribution < -0.4 is 5.32 Å². The zero-order valence-corrected chi connectivity index (χ0v) is 18.6. The third kappa shape index (κ3) is 5.96. The summed E-state index contributed by atoms with van der Waals surface area (Å²) >= 11 is 0. The first kappa shape index (κ1) is 24.2. The Labute approximate surface area is 182 Å². The van der Waals surface area contributed by atoms with Crippen molar-refractivity contribution < 1.29 is 33.4 Å². The summed E-state index contributed by atoms with van der Waals surface area (Å²) in [5.41, 5.74) is -2.12. The summed E-state index contributed by atoms with van der Waals surface area (Å²) in [6.07, 6.45) is -1.04. The highest BCUT2D eigenvalue weighted by atomic mass is 16.6. The molecule has 1 aromatic rings. The van der Waals surface area contributed by atoms with Crippen molar-refractivity contribution in [2.45, 2.75) is 58.2 Å². The Balaban J connectivity index is 2.43. The van der Waals surface area contributed by atoms with Gasteiger partial charge >= 0.3 is 18.0 Å². The van der Waals surface area contributed by atoms with Crippen molar-refractivity contribution in [1.29, 1.82) is 0 Å². The number of rotatable bonds is 6. The Morgan fingerprint density at radius 2 is 1.68 bits per heavy atom. The Hall–Kier alpha value is -3.10. The predicted molar refractivity (Wildman–Crippen MR) is 111 cm³/mol. The van der Waals surface area contributed by atoms with E-state index in [4.69, 9.17) is 14.2 Å². The van der Waals surface area contributed by atoms with Gasteiger partial charge in [0.15, 0.2) is 5.54 Å². The van der Waals surface area contributed by atoms with Gasteiger partial charge in [0.1, 0.15) is 11.6 Å². The largest absolute Gasteiger partial charge is 0.464 e. The summed E-state index contributed by atoms with van der Waals surface area (Å²) in [7, 11) is 0. The van der Waals surface area contributed by atoms with E-state index in [1.807, 2.05) is 0 Å². The number of carbonyl (C=O) groups is 4. The van der Waals surface area contributed by atoms with Crippen molar-refractivity contribution in [1.82, 2.24) is 10.2 Å². The number of benzene rings is 1. The van der Waals surface area contributed by atoms with E-state index < -0.39 is 41.1 Å². The molecule has 0 bridgehead atoms. The molecule has 1 N–H and O–H groups in total. The number of alkyl carbamates (subject to hydrolysis) is 1. The van der Waals surface area contributed by atoms with Crippen LogP contribution in [0.5, 0.6) is 0 Å². The zero-order valence-electron chi connectivity index (χ0n) is 18.6. The highest BCUT2D eigenvalue weighted by Crippen LogP contribution is 2.31. The number of ether oxygens (including phenoxy) is 3. The van der Waals surface area contributed by atoms with Crippen molar-refractivity contribution >= 4 is 23.9 Å². The summed E-state index contributed by atoms with van der Waals surface area (Å²) in [4.78, 5) is 52.5.